The van der Waals surface area contributed by atoms with E-state index in [0.717, 1.165) is 16.2 Å². The second-order valence-corrected chi connectivity index (χ2v) is 6.42. The number of aliphatic hydroxyl groups is 1. The molecule has 2 aromatic carbocycles. The Kier molecular flexibility index (Phi) is 5.06. The first-order valence-corrected chi connectivity index (χ1v) is 8.59. The minimum atomic E-state index is -0.774. The zero-order chi connectivity index (χ0) is 17.8. The van der Waals surface area contributed by atoms with Crippen molar-refractivity contribution < 1.29 is 10.0 Å². The topological polar surface area (TPSA) is 80.7 Å². The van der Waals surface area contributed by atoms with Gasteiger partial charge in [-0.3, -0.25) is 10.1 Å². The number of non-ortho nitro benzene ring substituents is 1. The lowest BCUT2D eigenvalue weighted by atomic mass is 10.1. The van der Waals surface area contributed by atoms with Crippen molar-refractivity contribution in [1.29, 1.82) is 0 Å². The number of hydrogen-bond acceptors (Lipinski definition) is 5. The van der Waals surface area contributed by atoms with Crippen molar-refractivity contribution in [3.8, 4) is 0 Å². The molecule has 1 aromatic heterocycles. The number of nitro benzene ring substituents is 1. The van der Waals surface area contributed by atoms with Crippen molar-refractivity contribution >= 4 is 22.7 Å². The van der Waals surface area contributed by atoms with Crippen molar-refractivity contribution in [1.82, 2.24) is 4.57 Å². The Morgan fingerprint density at radius 3 is 2.52 bits per heavy atom. The van der Waals surface area contributed by atoms with Crippen molar-refractivity contribution in [2.24, 2.45) is 4.99 Å². The second kappa shape index (κ2) is 7.42. The van der Waals surface area contributed by atoms with Crippen LogP contribution in [0.1, 0.15) is 17.4 Å². The van der Waals surface area contributed by atoms with Crippen LogP contribution in [0.5, 0.6) is 0 Å². The first kappa shape index (κ1) is 17.1. The van der Waals surface area contributed by atoms with Crippen LogP contribution in [0, 0.1) is 17.0 Å². The van der Waals surface area contributed by atoms with E-state index in [1.54, 1.807) is 12.1 Å². The van der Waals surface area contributed by atoms with E-state index >= 15 is 0 Å². The molecular weight excluding hydrogens is 338 g/mol. The predicted molar refractivity (Wildman–Crippen MR) is 96.8 cm³/mol. The maximum absolute atomic E-state index is 10.7. The van der Waals surface area contributed by atoms with Crippen LogP contribution in [0.4, 0.5) is 11.4 Å². The van der Waals surface area contributed by atoms with E-state index in [0.29, 0.717) is 12.1 Å². The summed E-state index contributed by atoms with van der Waals surface area (Å²) in [6.45, 7) is 2.29. The molecule has 0 bridgehead atoms. The van der Waals surface area contributed by atoms with Gasteiger partial charge in [0.15, 0.2) is 4.80 Å². The van der Waals surface area contributed by atoms with E-state index in [4.69, 9.17) is 0 Å². The molecule has 0 amide bonds. The fourth-order valence-corrected chi connectivity index (χ4v) is 3.34. The van der Waals surface area contributed by atoms with Crippen molar-refractivity contribution in [3.63, 3.8) is 0 Å². The number of hydrogen-bond donors (Lipinski definition) is 1. The van der Waals surface area contributed by atoms with E-state index in [-0.39, 0.29) is 5.69 Å². The molecule has 1 unspecified atom stereocenters. The van der Waals surface area contributed by atoms with E-state index in [2.05, 4.69) is 4.99 Å². The molecule has 128 valence electrons. The third kappa shape index (κ3) is 4.01. The summed E-state index contributed by atoms with van der Waals surface area (Å²) in [7, 11) is 0. The lowest BCUT2D eigenvalue weighted by Gasteiger charge is -2.13. The number of rotatable bonds is 5. The van der Waals surface area contributed by atoms with Crippen LogP contribution in [0.2, 0.25) is 0 Å². The molecule has 0 aliphatic heterocycles. The Morgan fingerprint density at radius 2 is 1.88 bits per heavy atom. The van der Waals surface area contributed by atoms with Gasteiger partial charge in [0.05, 0.1) is 23.3 Å². The van der Waals surface area contributed by atoms with E-state index < -0.39 is 11.0 Å². The van der Waals surface area contributed by atoms with Gasteiger partial charge in [0.1, 0.15) is 0 Å². The largest absolute Gasteiger partial charge is 0.387 e. The van der Waals surface area contributed by atoms with Crippen LogP contribution in [-0.2, 0) is 6.54 Å². The highest BCUT2D eigenvalue weighted by Crippen LogP contribution is 2.20. The van der Waals surface area contributed by atoms with Crippen molar-refractivity contribution in [2.45, 2.75) is 19.6 Å². The number of para-hydroxylation sites is 1. The Bertz CT molecular complexity index is 930. The summed E-state index contributed by atoms with van der Waals surface area (Å²) in [6.07, 6.45) is -0.774. The van der Waals surface area contributed by atoms with Crippen LogP contribution < -0.4 is 4.80 Å². The summed E-state index contributed by atoms with van der Waals surface area (Å²) in [6, 6.07) is 15.6. The molecule has 0 radical (unpaired) electrons. The molecule has 1 N–H and O–H groups in total. The Hall–Kier alpha value is -2.77. The monoisotopic (exact) mass is 355 g/mol. The zero-order valence-corrected chi connectivity index (χ0v) is 14.4. The van der Waals surface area contributed by atoms with E-state index in [9.17, 15) is 15.2 Å². The normalized spacial score (nSPS) is 13.0. The summed E-state index contributed by atoms with van der Waals surface area (Å²) in [4.78, 5) is 15.7. The van der Waals surface area contributed by atoms with Gasteiger partial charge in [-0.2, -0.15) is 0 Å². The molecule has 25 heavy (non-hydrogen) atoms. The highest BCUT2D eigenvalue weighted by Gasteiger charge is 2.13. The molecule has 7 heteroatoms. The van der Waals surface area contributed by atoms with Gasteiger partial charge in [-0.25, -0.2) is 4.99 Å². The molecule has 0 aliphatic rings. The number of aliphatic hydroxyl groups excluding tert-OH is 1. The fraction of sp³-hybridized carbons (Fsp3) is 0.167. The van der Waals surface area contributed by atoms with Gasteiger partial charge >= 0.3 is 0 Å². The van der Waals surface area contributed by atoms with E-state index in [1.165, 1.54) is 23.5 Å². The van der Waals surface area contributed by atoms with E-state index in [1.807, 2.05) is 47.2 Å². The molecule has 3 rings (SSSR count). The van der Waals surface area contributed by atoms with Crippen molar-refractivity contribution in [3.05, 3.63) is 86.2 Å². The van der Waals surface area contributed by atoms with Crippen LogP contribution in [0.25, 0.3) is 0 Å². The van der Waals surface area contributed by atoms with Gasteiger partial charge in [0.25, 0.3) is 5.69 Å². The van der Waals surface area contributed by atoms with Crippen LogP contribution in [-0.4, -0.2) is 14.6 Å². The molecule has 0 spiro atoms. The lowest BCUT2D eigenvalue weighted by Crippen LogP contribution is -2.20. The van der Waals surface area contributed by atoms with Crippen LogP contribution in [0.3, 0.4) is 0 Å². The SMILES string of the molecule is Cc1csc(=Nc2ccccc2)n1CC(O)c1ccc([N+](=O)[O-])cc1. The molecule has 0 aliphatic carbocycles. The number of benzene rings is 2. The summed E-state index contributed by atoms with van der Waals surface area (Å²) in [5.74, 6) is 0. The minimum Gasteiger partial charge on any atom is -0.387 e. The summed E-state index contributed by atoms with van der Waals surface area (Å²) in [5.41, 5.74) is 2.49. The number of aryl methyl sites for hydroxylation is 1. The third-order valence-electron chi connectivity index (χ3n) is 3.82. The first-order valence-electron chi connectivity index (χ1n) is 7.72. The Morgan fingerprint density at radius 1 is 1.20 bits per heavy atom. The molecule has 1 atom stereocenters. The smallest absolute Gasteiger partial charge is 0.269 e. The maximum atomic E-state index is 10.7. The minimum absolute atomic E-state index is 0.00934. The first-order chi connectivity index (χ1) is 12.0. The number of nitrogens with zero attached hydrogens (tertiary/aromatic N) is 3. The number of nitro groups is 1. The van der Waals surface area contributed by atoms with Gasteiger partial charge in [0.2, 0.25) is 0 Å². The fourth-order valence-electron chi connectivity index (χ4n) is 2.43. The molecular formula is C18H17N3O3S. The van der Waals surface area contributed by atoms with Crippen LogP contribution in [0.15, 0.2) is 65.0 Å². The molecule has 0 saturated carbocycles. The summed E-state index contributed by atoms with van der Waals surface area (Å²) >= 11 is 1.51. The Labute approximate surface area is 148 Å². The van der Waals surface area contributed by atoms with Gasteiger partial charge in [0, 0.05) is 23.2 Å². The molecule has 0 saturated heterocycles. The Balaban J connectivity index is 1.86. The molecule has 3 aromatic rings. The standard InChI is InChI=1S/C18H17N3O3S/c1-13-12-25-18(19-15-5-3-2-4-6-15)20(13)11-17(22)14-7-9-16(10-8-14)21(23)24/h2-10,12,17,22H,11H2,1H3. The molecule has 0 fully saturated rings. The third-order valence-corrected chi connectivity index (χ3v) is 4.80. The summed E-state index contributed by atoms with van der Waals surface area (Å²) in [5, 5.41) is 23.2. The van der Waals surface area contributed by atoms with Gasteiger partial charge < -0.3 is 9.67 Å². The number of thiazole rings is 1. The van der Waals surface area contributed by atoms with Gasteiger partial charge in [-0.05, 0) is 36.8 Å². The lowest BCUT2D eigenvalue weighted by molar-refractivity contribution is -0.384. The maximum Gasteiger partial charge on any atom is 0.269 e. The van der Waals surface area contributed by atoms with Gasteiger partial charge in [-0.15, -0.1) is 11.3 Å². The average Bonchev–Trinajstić information content (AvgIpc) is 2.96. The molecule has 1 heterocycles. The summed E-state index contributed by atoms with van der Waals surface area (Å²) < 4.78 is 1.95. The average molecular weight is 355 g/mol. The quantitative estimate of drug-likeness (QED) is 0.559. The predicted octanol–water partition coefficient (Wildman–Crippen LogP) is 3.73. The van der Waals surface area contributed by atoms with Crippen molar-refractivity contribution in [2.75, 3.05) is 0 Å². The van der Waals surface area contributed by atoms with Crippen LogP contribution >= 0.6 is 11.3 Å². The number of aromatic nitrogens is 1. The van der Waals surface area contributed by atoms with Gasteiger partial charge in [-0.1, -0.05) is 18.2 Å². The molecule has 6 nitrogen and oxygen atoms in total. The highest BCUT2D eigenvalue weighted by molar-refractivity contribution is 7.07. The zero-order valence-electron chi connectivity index (χ0n) is 13.6. The highest BCUT2D eigenvalue weighted by atomic mass is 32.1. The second-order valence-electron chi connectivity index (χ2n) is 5.58.